The van der Waals surface area contributed by atoms with Gasteiger partial charge in [-0.1, -0.05) is 6.07 Å². The molecule has 9 heteroatoms. The number of nitrogens with zero attached hydrogens (tertiary/aromatic N) is 2. The van der Waals surface area contributed by atoms with Crippen molar-refractivity contribution in [2.24, 2.45) is 0 Å². The third-order valence-corrected chi connectivity index (χ3v) is 5.83. The molecule has 0 aliphatic carbocycles. The van der Waals surface area contributed by atoms with Crippen LogP contribution in [-0.2, 0) is 16.0 Å². The van der Waals surface area contributed by atoms with Crippen molar-refractivity contribution in [3.05, 3.63) is 48.0 Å². The molecule has 1 atom stereocenters. The molecule has 1 fully saturated rings. The standard InChI is InChI=1S/C23H27N3O5S/c1-24-23(32)25(12-11-15-5-10-19(30-3)20(13-15)31-4)18-14-21(27)26(22(18)28)16-6-8-17(29-2)9-7-16/h5-10,13,18H,11-12,14H2,1-4H3,(H,24,32). The molecule has 170 valence electrons. The van der Waals surface area contributed by atoms with Gasteiger partial charge in [0.05, 0.1) is 33.4 Å². The van der Waals surface area contributed by atoms with E-state index in [1.165, 1.54) is 4.90 Å². The van der Waals surface area contributed by atoms with Gasteiger partial charge in [-0.05, 0) is 60.6 Å². The number of thiocarbonyl (C=S) groups is 1. The summed E-state index contributed by atoms with van der Waals surface area (Å²) in [6.07, 6.45) is 0.654. The molecule has 0 spiro atoms. The highest BCUT2D eigenvalue weighted by Gasteiger charge is 2.43. The van der Waals surface area contributed by atoms with Crippen LogP contribution in [0.25, 0.3) is 0 Å². The highest BCUT2D eigenvalue weighted by atomic mass is 32.1. The predicted octanol–water partition coefficient (Wildman–Crippen LogP) is 2.39. The van der Waals surface area contributed by atoms with Crippen LogP contribution in [0.3, 0.4) is 0 Å². The molecule has 0 radical (unpaired) electrons. The number of hydrogen-bond donors (Lipinski definition) is 1. The van der Waals surface area contributed by atoms with Gasteiger partial charge in [0.1, 0.15) is 11.8 Å². The van der Waals surface area contributed by atoms with Crippen molar-refractivity contribution in [3.63, 3.8) is 0 Å². The van der Waals surface area contributed by atoms with E-state index in [2.05, 4.69) is 5.32 Å². The van der Waals surface area contributed by atoms with Crippen LogP contribution in [0.2, 0.25) is 0 Å². The number of benzene rings is 2. The van der Waals surface area contributed by atoms with Crippen LogP contribution in [0.1, 0.15) is 12.0 Å². The lowest BCUT2D eigenvalue weighted by molar-refractivity contribution is -0.122. The van der Waals surface area contributed by atoms with Gasteiger partial charge in [0.15, 0.2) is 16.6 Å². The van der Waals surface area contributed by atoms with E-state index in [1.54, 1.807) is 57.5 Å². The Balaban J connectivity index is 1.79. The number of ether oxygens (including phenoxy) is 3. The average molecular weight is 458 g/mol. The summed E-state index contributed by atoms with van der Waals surface area (Å²) in [5, 5.41) is 3.35. The number of nitrogens with one attached hydrogen (secondary N) is 1. The molecule has 0 saturated carbocycles. The van der Waals surface area contributed by atoms with E-state index in [9.17, 15) is 9.59 Å². The first-order chi connectivity index (χ1) is 15.4. The van der Waals surface area contributed by atoms with Crippen LogP contribution < -0.4 is 24.4 Å². The highest BCUT2D eigenvalue weighted by Crippen LogP contribution is 2.29. The summed E-state index contributed by atoms with van der Waals surface area (Å²) in [6, 6.07) is 11.8. The van der Waals surface area contributed by atoms with Crippen LogP contribution in [0, 0.1) is 0 Å². The third-order valence-electron chi connectivity index (χ3n) is 5.39. The molecule has 8 nitrogen and oxygen atoms in total. The van der Waals surface area contributed by atoms with E-state index in [4.69, 9.17) is 26.4 Å². The summed E-state index contributed by atoms with van der Waals surface area (Å²) in [4.78, 5) is 29.0. The first kappa shape index (κ1) is 23.3. The van der Waals surface area contributed by atoms with Crippen LogP contribution in [-0.4, -0.2) is 62.8 Å². The predicted molar refractivity (Wildman–Crippen MR) is 126 cm³/mol. The minimum Gasteiger partial charge on any atom is -0.497 e. The number of amides is 2. The smallest absolute Gasteiger partial charge is 0.257 e. The minimum atomic E-state index is -0.676. The maximum absolute atomic E-state index is 13.2. The molecule has 1 N–H and O–H groups in total. The molecule has 1 aliphatic rings. The molecule has 3 rings (SSSR count). The second kappa shape index (κ2) is 10.3. The Morgan fingerprint density at radius 1 is 1.06 bits per heavy atom. The van der Waals surface area contributed by atoms with Crippen molar-refractivity contribution in [1.29, 1.82) is 0 Å². The van der Waals surface area contributed by atoms with Crippen LogP contribution in [0.4, 0.5) is 5.69 Å². The van der Waals surface area contributed by atoms with E-state index in [0.717, 1.165) is 5.56 Å². The lowest BCUT2D eigenvalue weighted by Gasteiger charge is -2.29. The molecule has 32 heavy (non-hydrogen) atoms. The van der Waals surface area contributed by atoms with E-state index in [0.29, 0.717) is 41.0 Å². The Labute approximate surface area is 193 Å². The fourth-order valence-electron chi connectivity index (χ4n) is 3.69. The molecule has 0 aromatic heterocycles. The van der Waals surface area contributed by atoms with Gasteiger partial charge in [-0.2, -0.15) is 0 Å². The zero-order chi connectivity index (χ0) is 23.3. The Morgan fingerprint density at radius 2 is 1.75 bits per heavy atom. The molecular formula is C23H27N3O5S. The SMILES string of the molecule is CNC(=S)N(CCc1ccc(OC)c(OC)c1)C1CC(=O)N(c2ccc(OC)cc2)C1=O. The van der Waals surface area contributed by atoms with Crippen LogP contribution in [0.5, 0.6) is 17.2 Å². The van der Waals surface area contributed by atoms with Crippen LogP contribution >= 0.6 is 12.2 Å². The summed E-state index contributed by atoms with van der Waals surface area (Å²) in [5.74, 6) is 1.36. The van der Waals surface area contributed by atoms with Crippen molar-refractivity contribution in [2.75, 3.05) is 39.8 Å². The lowest BCUT2D eigenvalue weighted by Crippen LogP contribution is -2.49. The van der Waals surface area contributed by atoms with Gasteiger partial charge in [0.25, 0.3) is 5.91 Å². The Morgan fingerprint density at radius 3 is 2.34 bits per heavy atom. The number of hydrogen-bond acceptors (Lipinski definition) is 6. The van der Waals surface area contributed by atoms with E-state index >= 15 is 0 Å². The third kappa shape index (κ3) is 4.77. The maximum Gasteiger partial charge on any atom is 0.257 e. The van der Waals surface area contributed by atoms with Crippen molar-refractivity contribution in [3.8, 4) is 17.2 Å². The van der Waals surface area contributed by atoms with Gasteiger partial charge >= 0.3 is 0 Å². The second-order valence-corrected chi connectivity index (χ2v) is 7.56. The van der Waals surface area contributed by atoms with Gasteiger partial charge in [0.2, 0.25) is 5.91 Å². The van der Waals surface area contributed by atoms with Crippen molar-refractivity contribution >= 4 is 34.8 Å². The van der Waals surface area contributed by atoms with Gasteiger partial charge in [-0.25, -0.2) is 4.90 Å². The van der Waals surface area contributed by atoms with Crippen molar-refractivity contribution in [1.82, 2.24) is 10.2 Å². The van der Waals surface area contributed by atoms with Gasteiger partial charge in [0, 0.05) is 13.6 Å². The van der Waals surface area contributed by atoms with Crippen molar-refractivity contribution in [2.45, 2.75) is 18.9 Å². The number of rotatable bonds is 8. The Kier molecular flexibility index (Phi) is 7.53. The van der Waals surface area contributed by atoms with Gasteiger partial charge in [-0.3, -0.25) is 9.59 Å². The van der Waals surface area contributed by atoms with Crippen molar-refractivity contribution < 1.29 is 23.8 Å². The number of carbonyl (C=O) groups excluding carboxylic acids is 2. The zero-order valence-corrected chi connectivity index (χ0v) is 19.4. The Hall–Kier alpha value is -3.33. The fraction of sp³-hybridized carbons (Fsp3) is 0.348. The maximum atomic E-state index is 13.2. The first-order valence-electron chi connectivity index (χ1n) is 10.1. The van der Waals surface area contributed by atoms with Crippen LogP contribution in [0.15, 0.2) is 42.5 Å². The molecule has 2 aromatic carbocycles. The average Bonchev–Trinajstić information content (AvgIpc) is 3.12. The summed E-state index contributed by atoms with van der Waals surface area (Å²) in [5.41, 5.74) is 1.51. The largest absolute Gasteiger partial charge is 0.497 e. The normalized spacial score (nSPS) is 15.5. The molecule has 1 saturated heterocycles. The summed E-state index contributed by atoms with van der Waals surface area (Å²) < 4.78 is 15.8. The molecular weight excluding hydrogens is 430 g/mol. The topological polar surface area (TPSA) is 80.3 Å². The first-order valence-corrected chi connectivity index (χ1v) is 10.5. The number of imide groups is 1. The Bertz CT molecular complexity index is 996. The lowest BCUT2D eigenvalue weighted by atomic mass is 10.1. The molecule has 1 unspecified atom stereocenters. The number of methoxy groups -OCH3 is 3. The fourth-order valence-corrected chi connectivity index (χ4v) is 3.91. The summed E-state index contributed by atoms with van der Waals surface area (Å²) in [6.45, 7) is 0.454. The summed E-state index contributed by atoms with van der Waals surface area (Å²) in [7, 11) is 6.43. The van der Waals surface area contributed by atoms with E-state index in [-0.39, 0.29) is 18.2 Å². The van der Waals surface area contributed by atoms with E-state index < -0.39 is 6.04 Å². The molecule has 1 heterocycles. The minimum absolute atomic E-state index is 0.0542. The van der Waals surface area contributed by atoms with Gasteiger partial charge < -0.3 is 24.4 Å². The summed E-state index contributed by atoms with van der Waals surface area (Å²) >= 11 is 5.47. The number of anilines is 1. The monoisotopic (exact) mass is 457 g/mol. The number of carbonyl (C=O) groups is 2. The highest BCUT2D eigenvalue weighted by molar-refractivity contribution is 7.80. The molecule has 0 bridgehead atoms. The van der Waals surface area contributed by atoms with E-state index in [1.807, 2.05) is 18.2 Å². The quantitative estimate of drug-likeness (QED) is 0.478. The zero-order valence-electron chi connectivity index (χ0n) is 18.6. The second-order valence-electron chi connectivity index (χ2n) is 7.17. The molecule has 2 aromatic rings. The molecule has 1 aliphatic heterocycles. The molecule has 2 amide bonds. The van der Waals surface area contributed by atoms with Gasteiger partial charge in [-0.15, -0.1) is 0 Å².